The topological polar surface area (TPSA) is 30.9 Å². The van der Waals surface area contributed by atoms with E-state index in [-0.39, 0.29) is 5.60 Å². The molecule has 1 aliphatic heterocycles. The van der Waals surface area contributed by atoms with Gasteiger partial charge in [-0.25, -0.2) is 0 Å². The third kappa shape index (κ3) is 4.19. The Bertz CT molecular complexity index is 694. The number of ether oxygens (including phenoxy) is 3. The highest BCUT2D eigenvalue weighted by Gasteiger charge is 2.35. The van der Waals surface area contributed by atoms with E-state index in [1.807, 2.05) is 25.3 Å². The second-order valence-corrected chi connectivity index (χ2v) is 6.91. The van der Waals surface area contributed by atoms with Gasteiger partial charge in [0.25, 0.3) is 0 Å². The zero-order chi connectivity index (χ0) is 18.4. The van der Waals surface area contributed by atoms with Gasteiger partial charge in [0, 0.05) is 26.7 Å². The molecule has 2 aromatic rings. The van der Waals surface area contributed by atoms with Crippen LogP contribution in [0.5, 0.6) is 11.5 Å². The second kappa shape index (κ2) is 8.56. The van der Waals surface area contributed by atoms with Crippen molar-refractivity contribution in [1.29, 1.82) is 0 Å². The molecule has 0 amide bonds. The third-order valence-electron chi connectivity index (χ3n) is 5.34. The molecule has 1 aliphatic rings. The molecule has 0 N–H and O–H groups in total. The summed E-state index contributed by atoms with van der Waals surface area (Å²) in [4.78, 5) is 2.45. The van der Waals surface area contributed by atoms with Crippen molar-refractivity contribution in [2.45, 2.75) is 25.4 Å². The molecule has 140 valence electrons. The smallest absolute Gasteiger partial charge is 0.161 e. The summed E-state index contributed by atoms with van der Waals surface area (Å²) in [6.45, 7) is 5.64. The molecule has 3 rings (SSSR count). The van der Waals surface area contributed by atoms with Crippen molar-refractivity contribution in [2.24, 2.45) is 0 Å². The van der Waals surface area contributed by atoms with Gasteiger partial charge in [0.05, 0.1) is 12.7 Å². The van der Waals surface area contributed by atoms with Crippen molar-refractivity contribution in [2.75, 3.05) is 40.5 Å². The van der Waals surface area contributed by atoms with Gasteiger partial charge in [-0.3, -0.25) is 4.90 Å². The zero-order valence-corrected chi connectivity index (χ0v) is 16.0. The van der Waals surface area contributed by atoms with Crippen LogP contribution in [0.15, 0.2) is 48.5 Å². The van der Waals surface area contributed by atoms with Crippen molar-refractivity contribution in [3.05, 3.63) is 59.7 Å². The average molecular weight is 355 g/mol. The summed E-state index contributed by atoms with van der Waals surface area (Å²) >= 11 is 0. The van der Waals surface area contributed by atoms with Crippen LogP contribution in [0.2, 0.25) is 0 Å². The zero-order valence-electron chi connectivity index (χ0n) is 16.0. The van der Waals surface area contributed by atoms with Gasteiger partial charge >= 0.3 is 0 Å². The first-order chi connectivity index (χ1) is 12.7. The van der Waals surface area contributed by atoms with Crippen LogP contribution in [0.1, 0.15) is 24.0 Å². The Morgan fingerprint density at radius 2 is 1.69 bits per heavy atom. The minimum atomic E-state index is -0.154. The Kier molecular flexibility index (Phi) is 6.17. The largest absolute Gasteiger partial charge is 0.493 e. The first-order valence-corrected chi connectivity index (χ1v) is 9.27. The third-order valence-corrected chi connectivity index (χ3v) is 5.34. The summed E-state index contributed by atoms with van der Waals surface area (Å²) in [7, 11) is 3.51. The summed E-state index contributed by atoms with van der Waals surface area (Å²) in [6.07, 6.45) is 2.00. The molecule has 2 aromatic carbocycles. The van der Waals surface area contributed by atoms with Crippen LogP contribution in [0.25, 0.3) is 0 Å². The van der Waals surface area contributed by atoms with E-state index in [1.54, 1.807) is 7.11 Å². The Morgan fingerprint density at radius 1 is 0.962 bits per heavy atom. The van der Waals surface area contributed by atoms with Crippen LogP contribution < -0.4 is 9.47 Å². The standard InChI is InChI=1S/C22H29NO3/c1-18-9-10-20(21(17-18)24-2)26-16-15-23-13-11-22(25-3,12-14-23)19-7-5-4-6-8-19/h4-10,17H,11-16H2,1-3H3. The molecule has 26 heavy (non-hydrogen) atoms. The van der Waals surface area contributed by atoms with Crippen molar-refractivity contribution in [3.8, 4) is 11.5 Å². The summed E-state index contributed by atoms with van der Waals surface area (Å²) in [6, 6.07) is 16.6. The van der Waals surface area contributed by atoms with Gasteiger partial charge in [-0.1, -0.05) is 36.4 Å². The number of likely N-dealkylation sites (tertiary alicyclic amines) is 1. The molecule has 0 atom stereocenters. The highest BCUT2D eigenvalue weighted by Crippen LogP contribution is 2.36. The summed E-state index contributed by atoms with van der Waals surface area (Å²) in [5.41, 5.74) is 2.29. The maximum Gasteiger partial charge on any atom is 0.161 e. The van der Waals surface area contributed by atoms with Crippen LogP contribution in [-0.4, -0.2) is 45.4 Å². The minimum Gasteiger partial charge on any atom is -0.493 e. The van der Waals surface area contributed by atoms with Gasteiger partial charge < -0.3 is 14.2 Å². The lowest BCUT2D eigenvalue weighted by Crippen LogP contribution is -2.44. The van der Waals surface area contributed by atoms with Crippen LogP contribution in [0.4, 0.5) is 0 Å². The van der Waals surface area contributed by atoms with Gasteiger partial charge in [-0.05, 0) is 43.0 Å². The number of piperidine rings is 1. The van der Waals surface area contributed by atoms with Gasteiger partial charge in [0.1, 0.15) is 6.61 Å². The maximum absolute atomic E-state index is 5.95. The second-order valence-electron chi connectivity index (χ2n) is 6.91. The predicted octanol–water partition coefficient (Wildman–Crippen LogP) is 4.02. The summed E-state index contributed by atoms with van der Waals surface area (Å²) in [5.74, 6) is 1.61. The maximum atomic E-state index is 5.95. The molecule has 0 bridgehead atoms. The van der Waals surface area contributed by atoms with Gasteiger partial charge in [0.15, 0.2) is 11.5 Å². The summed E-state index contributed by atoms with van der Waals surface area (Å²) in [5, 5.41) is 0. The molecule has 1 fully saturated rings. The molecule has 0 saturated carbocycles. The van der Waals surface area contributed by atoms with Crippen LogP contribution >= 0.6 is 0 Å². The van der Waals surface area contributed by atoms with Gasteiger partial charge in [0.2, 0.25) is 0 Å². The molecule has 0 radical (unpaired) electrons. The van der Waals surface area contributed by atoms with E-state index >= 15 is 0 Å². The van der Waals surface area contributed by atoms with Crippen LogP contribution in [0, 0.1) is 6.92 Å². The number of nitrogens with zero attached hydrogens (tertiary/aromatic N) is 1. The van der Waals surface area contributed by atoms with E-state index in [2.05, 4.69) is 42.2 Å². The number of hydrogen-bond acceptors (Lipinski definition) is 4. The van der Waals surface area contributed by atoms with E-state index in [0.717, 1.165) is 44.0 Å². The number of rotatable bonds is 7. The Labute approximate surface area is 156 Å². The van der Waals surface area contributed by atoms with Gasteiger partial charge in [-0.2, -0.15) is 0 Å². The number of aryl methyl sites for hydroxylation is 1. The molecule has 4 nitrogen and oxygen atoms in total. The lowest BCUT2D eigenvalue weighted by Gasteiger charge is -2.41. The molecular formula is C22H29NO3. The Morgan fingerprint density at radius 3 is 2.35 bits per heavy atom. The van der Waals surface area contributed by atoms with Crippen molar-refractivity contribution < 1.29 is 14.2 Å². The Balaban J connectivity index is 1.52. The number of benzene rings is 2. The highest BCUT2D eigenvalue weighted by atomic mass is 16.5. The number of hydrogen-bond donors (Lipinski definition) is 0. The Hall–Kier alpha value is -2.04. The summed E-state index contributed by atoms with van der Waals surface area (Å²) < 4.78 is 17.3. The predicted molar refractivity (Wildman–Crippen MR) is 104 cm³/mol. The molecular weight excluding hydrogens is 326 g/mol. The van der Waals surface area contributed by atoms with E-state index in [1.165, 1.54) is 11.1 Å². The van der Waals surface area contributed by atoms with Crippen molar-refractivity contribution in [3.63, 3.8) is 0 Å². The van der Waals surface area contributed by atoms with E-state index in [9.17, 15) is 0 Å². The minimum absolute atomic E-state index is 0.154. The molecule has 0 spiro atoms. The van der Waals surface area contributed by atoms with E-state index in [4.69, 9.17) is 14.2 Å². The lowest BCUT2D eigenvalue weighted by atomic mass is 9.84. The lowest BCUT2D eigenvalue weighted by molar-refractivity contribution is -0.0635. The molecule has 1 heterocycles. The van der Waals surface area contributed by atoms with Crippen LogP contribution in [-0.2, 0) is 10.3 Å². The van der Waals surface area contributed by atoms with Gasteiger partial charge in [-0.15, -0.1) is 0 Å². The van der Waals surface area contributed by atoms with Crippen LogP contribution in [0.3, 0.4) is 0 Å². The molecule has 1 saturated heterocycles. The van der Waals surface area contributed by atoms with Crippen molar-refractivity contribution in [1.82, 2.24) is 4.90 Å². The molecule has 0 aliphatic carbocycles. The highest BCUT2D eigenvalue weighted by molar-refractivity contribution is 5.42. The fourth-order valence-electron chi connectivity index (χ4n) is 3.67. The van der Waals surface area contributed by atoms with Crippen molar-refractivity contribution >= 4 is 0 Å². The fourth-order valence-corrected chi connectivity index (χ4v) is 3.67. The van der Waals surface area contributed by atoms with E-state index in [0.29, 0.717) is 6.61 Å². The quantitative estimate of drug-likeness (QED) is 0.751. The normalized spacial score (nSPS) is 17.0. The number of methoxy groups -OCH3 is 2. The monoisotopic (exact) mass is 355 g/mol. The average Bonchev–Trinajstić information content (AvgIpc) is 2.70. The molecule has 4 heteroatoms. The van der Waals surface area contributed by atoms with E-state index < -0.39 is 0 Å². The first-order valence-electron chi connectivity index (χ1n) is 9.27. The fraction of sp³-hybridized carbons (Fsp3) is 0.455. The molecule has 0 aromatic heterocycles. The molecule has 0 unspecified atom stereocenters. The SMILES string of the molecule is COc1cc(C)ccc1OCCN1CCC(OC)(c2ccccc2)CC1. The first kappa shape index (κ1) is 18.7.